The van der Waals surface area contributed by atoms with Crippen LogP contribution in [0.2, 0.25) is 0 Å². The molecule has 42 heavy (non-hydrogen) atoms. The summed E-state index contributed by atoms with van der Waals surface area (Å²) in [6.45, 7) is 6.76. The van der Waals surface area contributed by atoms with E-state index >= 15 is 0 Å². The van der Waals surface area contributed by atoms with Crippen molar-refractivity contribution in [3.8, 4) is 0 Å². The number of aryl methyl sites for hydroxylation is 1. The van der Waals surface area contributed by atoms with E-state index < -0.39 is 47.7 Å². The van der Waals surface area contributed by atoms with E-state index in [0.717, 1.165) is 16.0 Å². The smallest absolute Gasteiger partial charge is 0.408 e. The fourth-order valence-electron chi connectivity index (χ4n) is 4.83. The number of ether oxygens (including phenoxy) is 1. The minimum absolute atomic E-state index is 0.0136. The number of alkyl carbamates (subject to hydrolysis) is 1. The van der Waals surface area contributed by atoms with Crippen molar-refractivity contribution in [2.45, 2.75) is 64.3 Å². The Kier molecular flexibility index (Phi) is 9.28. The molecule has 1 aromatic heterocycles. The van der Waals surface area contributed by atoms with Crippen molar-refractivity contribution >= 4 is 35.0 Å². The minimum Gasteiger partial charge on any atom is -0.465 e. The van der Waals surface area contributed by atoms with Gasteiger partial charge in [-0.25, -0.2) is 9.59 Å². The highest BCUT2D eigenvalue weighted by Crippen LogP contribution is 2.20. The number of hydrogen-bond acceptors (Lipinski definition) is 7. The third-order valence-corrected chi connectivity index (χ3v) is 6.99. The number of aromatic nitrogens is 3. The van der Waals surface area contributed by atoms with Gasteiger partial charge in [0.2, 0.25) is 11.8 Å². The number of benzene rings is 2. The number of H-pyrrole nitrogens is 1. The van der Waals surface area contributed by atoms with Gasteiger partial charge in [-0.3, -0.25) is 9.59 Å². The average molecular weight is 580 g/mol. The van der Waals surface area contributed by atoms with Crippen LogP contribution >= 0.6 is 0 Å². The van der Waals surface area contributed by atoms with Crippen LogP contribution in [0.4, 0.5) is 9.59 Å². The van der Waals surface area contributed by atoms with Crippen molar-refractivity contribution in [1.82, 2.24) is 35.8 Å². The molecule has 0 bridgehead atoms. The Bertz CT molecular complexity index is 1420. The van der Waals surface area contributed by atoms with Crippen LogP contribution in [0, 0.1) is 0 Å². The molecule has 3 unspecified atom stereocenters. The molecule has 224 valence electrons. The summed E-state index contributed by atoms with van der Waals surface area (Å²) in [6, 6.07) is 12.3. The van der Waals surface area contributed by atoms with Gasteiger partial charge >= 0.3 is 12.2 Å². The van der Waals surface area contributed by atoms with Crippen molar-refractivity contribution in [1.29, 1.82) is 0 Å². The second kappa shape index (κ2) is 12.9. The zero-order valence-electron chi connectivity index (χ0n) is 24.2. The fourth-order valence-corrected chi connectivity index (χ4v) is 4.83. The Morgan fingerprint density at radius 1 is 1.05 bits per heavy atom. The summed E-state index contributed by atoms with van der Waals surface area (Å²) < 4.78 is 5.41. The van der Waals surface area contributed by atoms with Gasteiger partial charge in [-0.1, -0.05) is 36.4 Å². The summed E-state index contributed by atoms with van der Waals surface area (Å²) in [7, 11) is 0. The first-order chi connectivity index (χ1) is 19.9. The molecule has 1 aliphatic heterocycles. The van der Waals surface area contributed by atoms with Crippen LogP contribution < -0.4 is 10.6 Å². The van der Waals surface area contributed by atoms with Crippen LogP contribution in [0.25, 0.3) is 11.0 Å². The van der Waals surface area contributed by atoms with Gasteiger partial charge in [0.1, 0.15) is 28.7 Å². The van der Waals surface area contributed by atoms with E-state index in [1.807, 2.05) is 36.4 Å². The normalized spacial score (nSPS) is 16.9. The van der Waals surface area contributed by atoms with E-state index in [1.165, 1.54) is 4.90 Å². The standard InChI is InChI=1S/C29H37N7O6/c1-18(20-11-13-21-23(16-20)33-34-32-21)30-25(37)24-17-35(28(40)41)14-15-36(24)26(38)22(31-27(39)42-29(2,3)4)12-10-19-8-6-5-7-9-19/h5-9,11,13,16,18,22,24H,10,12,14-15,17H2,1-4H3,(H,30,37)(H,31,39)(H,40,41)(H,32,33,34). The first-order valence-electron chi connectivity index (χ1n) is 13.8. The Balaban J connectivity index is 1.55. The summed E-state index contributed by atoms with van der Waals surface area (Å²) in [4.78, 5) is 54.6. The lowest BCUT2D eigenvalue weighted by Crippen LogP contribution is -2.64. The summed E-state index contributed by atoms with van der Waals surface area (Å²) in [5.74, 6) is -1.00. The van der Waals surface area contributed by atoms with E-state index in [0.29, 0.717) is 17.5 Å². The zero-order chi connectivity index (χ0) is 30.4. The molecule has 2 aromatic carbocycles. The van der Waals surface area contributed by atoms with E-state index in [9.17, 15) is 24.3 Å². The van der Waals surface area contributed by atoms with Crippen molar-refractivity contribution in [2.24, 2.45) is 0 Å². The Morgan fingerprint density at radius 2 is 1.76 bits per heavy atom. The van der Waals surface area contributed by atoms with E-state index in [1.54, 1.807) is 39.8 Å². The molecule has 4 amide bonds. The highest BCUT2D eigenvalue weighted by atomic mass is 16.6. The van der Waals surface area contributed by atoms with Gasteiger partial charge in [0.05, 0.1) is 12.6 Å². The van der Waals surface area contributed by atoms with E-state index in [2.05, 4.69) is 26.0 Å². The van der Waals surface area contributed by atoms with Gasteiger partial charge in [0, 0.05) is 13.1 Å². The fraction of sp³-hybridized carbons (Fsp3) is 0.448. The van der Waals surface area contributed by atoms with Gasteiger partial charge in [0.25, 0.3) is 0 Å². The van der Waals surface area contributed by atoms with E-state index in [-0.39, 0.29) is 26.1 Å². The van der Waals surface area contributed by atoms with Gasteiger partial charge in [0.15, 0.2) is 0 Å². The van der Waals surface area contributed by atoms with Crippen LogP contribution in [-0.4, -0.2) is 91.6 Å². The molecule has 1 fully saturated rings. The molecule has 1 saturated heterocycles. The van der Waals surface area contributed by atoms with Gasteiger partial charge in [-0.2, -0.15) is 15.4 Å². The number of carbonyl (C=O) groups is 4. The molecule has 13 nitrogen and oxygen atoms in total. The predicted molar refractivity (Wildman–Crippen MR) is 153 cm³/mol. The maximum absolute atomic E-state index is 14.0. The SMILES string of the molecule is CC(NC(=O)C1CN(C(=O)O)CCN1C(=O)C(CCc1ccccc1)NC(=O)OC(C)(C)C)c1ccc2n[nH]nc2c1. The van der Waals surface area contributed by atoms with E-state index in [4.69, 9.17) is 4.74 Å². The maximum Gasteiger partial charge on any atom is 0.408 e. The van der Waals surface area contributed by atoms with Crippen LogP contribution in [0.3, 0.4) is 0 Å². The number of amides is 4. The monoisotopic (exact) mass is 579 g/mol. The zero-order valence-corrected chi connectivity index (χ0v) is 24.2. The number of carbonyl (C=O) groups excluding carboxylic acids is 3. The average Bonchev–Trinajstić information content (AvgIpc) is 3.42. The lowest BCUT2D eigenvalue weighted by molar-refractivity contribution is -0.145. The van der Waals surface area contributed by atoms with Crippen molar-refractivity contribution in [3.63, 3.8) is 0 Å². The van der Waals surface area contributed by atoms with Crippen LogP contribution in [0.1, 0.15) is 51.3 Å². The largest absolute Gasteiger partial charge is 0.465 e. The third kappa shape index (κ3) is 7.74. The highest BCUT2D eigenvalue weighted by Gasteiger charge is 2.40. The molecule has 0 aliphatic carbocycles. The third-order valence-electron chi connectivity index (χ3n) is 6.99. The Morgan fingerprint density at radius 3 is 2.45 bits per heavy atom. The highest BCUT2D eigenvalue weighted by molar-refractivity contribution is 5.92. The molecule has 0 spiro atoms. The molecule has 3 aromatic rings. The molecule has 3 atom stereocenters. The number of fused-ring (bicyclic) bond motifs is 1. The summed E-state index contributed by atoms with van der Waals surface area (Å²) in [5.41, 5.74) is 2.27. The number of hydrogen-bond donors (Lipinski definition) is 4. The predicted octanol–water partition coefficient (Wildman–Crippen LogP) is 2.85. The molecule has 4 N–H and O–H groups in total. The lowest BCUT2D eigenvalue weighted by atomic mass is 10.0. The molecule has 0 saturated carbocycles. The Labute approximate surface area is 243 Å². The molecular weight excluding hydrogens is 542 g/mol. The minimum atomic E-state index is -1.18. The number of nitrogens with zero attached hydrogens (tertiary/aromatic N) is 4. The van der Waals surface area contributed by atoms with Crippen molar-refractivity contribution in [2.75, 3.05) is 19.6 Å². The molecule has 2 heterocycles. The summed E-state index contributed by atoms with van der Waals surface area (Å²) >= 11 is 0. The second-order valence-corrected chi connectivity index (χ2v) is 11.3. The summed E-state index contributed by atoms with van der Waals surface area (Å²) in [6.07, 6.45) is -1.20. The van der Waals surface area contributed by atoms with Gasteiger partial charge < -0.3 is 30.3 Å². The van der Waals surface area contributed by atoms with Crippen LogP contribution in [0.15, 0.2) is 48.5 Å². The van der Waals surface area contributed by atoms with Gasteiger partial charge in [-0.05, 0) is 63.8 Å². The first-order valence-corrected chi connectivity index (χ1v) is 13.8. The quantitative estimate of drug-likeness (QED) is 0.316. The number of rotatable bonds is 8. The van der Waals surface area contributed by atoms with Crippen LogP contribution in [-0.2, 0) is 20.7 Å². The number of aromatic amines is 1. The van der Waals surface area contributed by atoms with Crippen molar-refractivity contribution in [3.05, 3.63) is 59.7 Å². The lowest BCUT2D eigenvalue weighted by Gasteiger charge is -2.41. The molecule has 13 heteroatoms. The number of nitrogens with one attached hydrogen (secondary N) is 3. The summed E-state index contributed by atoms with van der Waals surface area (Å²) in [5, 5.41) is 25.9. The van der Waals surface area contributed by atoms with Crippen molar-refractivity contribution < 1.29 is 29.0 Å². The number of carboxylic acid groups (broad SMARTS) is 1. The topological polar surface area (TPSA) is 170 Å². The molecule has 1 aliphatic rings. The van der Waals surface area contributed by atoms with Crippen LogP contribution in [0.5, 0.6) is 0 Å². The molecule has 4 rings (SSSR count). The second-order valence-electron chi connectivity index (χ2n) is 11.3. The molecule has 0 radical (unpaired) electrons. The number of piperazine rings is 1. The Hall–Kier alpha value is -4.68. The first kappa shape index (κ1) is 30.3. The molecular formula is C29H37N7O6. The van der Waals surface area contributed by atoms with Gasteiger partial charge in [-0.15, -0.1) is 0 Å². The maximum atomic E-state index is 14.0.